The number of aromatic nitrogens is 1. The molecule has 1 aliphatic heterocycles. The van der Waals surface area contributed by atoms with Crippen LogP contribution in [-0.4, -0.2) is 28.6 Å². The Balaban J connectivity index is 2.19. The molecule has 1 aromatic heterocycles. The standard InChI is InChI=1S/C12H17N3O2/c1-8(16)10-5-4-9(7-14-10)15-6-2-3-11(15)12(13)17/h4-5,7-8,11,16H,2-3,6H2,1H3,(H2,13,17)/t8-,11?/m0/s1. The van der Waals surface area contributed by atoms with E-state index in [1.807, 2.05) is 11.0 Å². The van der Waals surface area contributed by atoms with Gasteiger partial charge >= 0.3 is 0 Å². The number of pyridine rings is 1. The summed E-state index contributed by atoms with van der Waals surface area (Å²) >= 11 is 0. The van der Waals surface area contributed by atoms with Crippen LogP contribution in [0.1, 0.15) is 31.6 Å². The summed E-state index contributed by atoms with van der Waals surface area (Å²) in [5.74, 6) is -0.290. The average molecular weight is 235 g/mol. The van der Waals surface area contributed by atoms with Gasteiger partial charge in [-0.1, -0.05) is 0 Å². The molecule has 0 bridgehead atoms. The van der Waals surface area contributed by atoms with Gasteiger partial charge in [0.05, 0.1) is 23.7 Å². The minimum atomic E-state index is -0.574. The first kappa shape index (κ1) is 11.9. The number of anilines is 1. The van der Waals surface area contributed by atoms with Crippen LogP contribution in [-0.2, 0) is 4.79 Å². The Morgan fingerprint density at radius 3 is 2.94 bits per heavy atom. The molecule has 1 unspecified atom stereocenters. The van der Waals surface area contributed by atoms with E-state index in [2.05, 4.69) is 4.98 Å². The van der Waals surface area contributed by atoms with Crippen molar-refractivity contribution in [3.8, 4) is 0 Å². The maximum atomic E-state index is 11.3. The van der Waals surface area contributed by atoms with Gasteiger partial charge in [-0.3, -0.25) is 9.78 Å². The first-order chi connectivity index (χ1) is 8.09. The first-order valence-corrected chi connectivity index (χ1v) is 5.79. The van der Waals surface area contributed by atoms with Crippen LogP contribution in [0.2, 0.25) is 0 Å². The third-order valence-electron chi connectivity index (χ3n) is 3.11. The predicted molar refractivity (Wildman–Crippen MR) is 64.4 cm³/mol. The van der Waals surface area contributed by atoms with Gasteiger partial charge in [0.1, 0.15) is 6.04 Å². The molecule has 1 aromatic rings. The third kappa shape index (κ3) is 2.39. The van der Waals surface area contributed by atoms with E-state index in [1.165, 1.54) is 0 Å². The number of nitrogens with zero attached hydrogens (tertiary/aromatic N) is 2. The molecule has 2 atom stereocenters. The van der Waals surface area contributed by atoms with Gasteiger partial charge in [0.25, 0.3) is 0 Å². The van der Waals surface area contributed by atoms with Gasteiger partial charge in [-0.25, -0.2) is 0 Å². The summed E-state index contributed by atoms with van der Waals surface area (Å²) in [5.41, 5.74) is 6.88. The predicted octanol–water partition coefficient (Wildman–Crippen LogP) is 0.589. The van der Waals surface area contributed by atoms with E-state index in [-0.39, 0.29) is 11.9 Å². The van der Waals surface area contributed by atoms with E-state index < -0.39 is 6.10 Å². The van der Waals surface area contributed by atoms with Gasteiger partial charge in [0.2, 0.25) is 5.91 Å². The zero-order chi connectivity index (χ0) is 12.4. The van der Waals surface area contributed by atoms with E-state index in [0.717, 1.165) is 25.1 Å². The number of hydrogen-bond acceptors (Lipinski definition) is 4. The van der Waals surface area contributed by atoms with Crippen molar-refractivity contribution in [1.82, 2.24) is 4.98 Å². The highest BCUT2D eigenvalue weighted by Gasteiger charge is 2.29. The number of amides is 1. The molecule has 2 rings (SSSR count). The first-order valence-electron chi connectivity index (χ1n) is 5.79. The summed E-state index contributed by atoms with van der Waals surface area (Å²) in [6.45, 7) is 2.49. The Hall–Kier alpha value is -1.62. The zero-order valence-electron chi connectivity index (χ0n) is 9.84. The summed E-state index contributed by atoms with van der Waals surface area (Å²) in [6, 6.07) is 3.42. The maximum Gasteiger partial charge on any atom is 0.240 e. The molecule has 1 fully saturated rings. The summed E-state index contributed by atoms with van der Waals surface area (Å²) in [7, 11) is 0. The summed E-state index contributed by atoms with van der Waals surface area (Å²) < 4.78 is 0. The molecule has 0 aliphatic carbocycles. The molecule has 1 aliphatic rings. The second kappa shape index (κ2) is 4.71. The largest absolute Gasteiger partial charge is 0.387 e. The smallest absolute Gasteiger partial charge is 0.240 e. The molecule has 0 spiro atoms. The Bertz CT molecular complexity index is 403. The molecule has 2 heterocycles. The van der Waals surface area contributed by atoms with Crippen LogP contribution >= 0.6 is 0 Å². The van der Waals surface area contributed by atoms with Gasteiger partial charge in [0, 0.05) is 6.54 Å². The summed E-state index contributed by atoms with van der Waals surface area (Å²) in [4.78, 5) is 17.4. The Morgan fingerprint density at radius 2 is 2.41 bits per heavy atom. The highest BCUT2D eigenvalue weighted by atomic mass is 16.3. The number of hydrogen-bond donors (Lipinski definition) is 2. The SMILES string of the molecule is C[C@H](O)c1ccc(N2CCCC2C(N)=O)cn1. The molecule has 1 amide bonds. The minimum absolute atomic E-state index is 0.228. The highest BCUT2D eigenvalue weighted by molar-refractivity contribution is 5.84. The van der Waals surface area contributed by atoms with Crippen molar-refractivity contribution in [2.75, 3.05) is 11.4 Å². The Morgan fingerprint density at radius 1 is 1.65 bits per heavy atom. The number of carbonyl (C=O) groups is 1. The van der Waals surface area contributed by atoms with Crippen LogP contribution in [0.15, 0.2) is 18.3 Å². The van der Waals surface area contributed by atoms with Crippen LogP contribution in [0.25, 0.3) is 0 Å². The second-order valence-electron chi connectivity index (χ2n) is 4.37. The van der Waals surface area contributed by atoms with Crippen molar-refractivity contribution in [2.24, 2.45) is 5.73 Å². The number of primary amides is 1. The fourth-order valence-electron chi connectivity index (χ4n) is 2.19. The number of rotatable bonds is 3. The lowest BCUT2D eigenvalue weighted by molar-refractivity contribution is -0.119. The molecule has 92 valence electrons. The number of carbonyl (C=O) groups excluding carboxylic acids is 1. The van der Waals surface area contributed by atoms with Crippen molar-refractivity contribution in [2.45, 2.75) is 31.9 Å². The fourth-order valence-corrected chi connectivity index (χ4v) is 2.19. The lowest BCUT2D eigenvalue weighted by atomic mass is 10.2. The molecule has 0 saturated carbocycles. The Kier molecular flexibility index (Phi) is 3.28. The van der Waals surface area contributed by atoms with Gasteiger partial charge in [-0.2, -0.15) is 0 Å². The summed E-state index contributed by atoms with van der Waals surface area (Å²) in [6.07, 6.45) is 2.87. The maximum absolute atomic E-state index is 11.3. The van der Waals surface area contributed by atoms with Crippen molar-refractivity contribution < 1.29 is 9.90 Å². The van der Waals surface area contributed by atoms with Crippen LogP contribution in [0.4, 0.5) is 5.69 Å². The lowest BCUT2D eigenvalue weighted by Crippen LogP contribution is -2.40. The van der Waals surface area contributed by atoms with E-state index in [1.54, 1.807) is 19.2 Å². The van der Waals surface area contributed by atoms with Gasteiger partial charge in [-0.05, 0) is 31.9 Å². The second-order valence-corrected chi connectivity index (χ2v) is 4.37. The third-order valence-corrected chi connectivity index (χ3v) is 3.11. The van der Waals surface area contributed by atoms with Gasteiger partial charge in [0.15, 0.2) is 0 Å². The van der Waals surface area contributed by atoms with Crippen LogP contribution < -0.4 is 10.6 Å². The number of nitrogens with two attached hydrogens (primary N) is 1. The monoisotopic (exact) mass is 235 g/mol. The van der Waals surface area contributed by atoms with Crippen LogP contribution in [0.3, 0.4) is 0 Å². The highest BCUT2D eigenvalue weighted by Crippen LogP contribution is 2.25. The normalized spacial score (nSPS) is 21.5. The van der Waals surface area contributed by atoms with Crippen molar-refractivity contribution >= 4 is 11.6 Å². The van der Waals surface area contributed by atoms with E-state index in [0.29, 0.717) is 5.69 Å². The van der Waals surface area contributed by atoms with E-state index in [4.69, 9.17) is 5.73 Å². The average Bonchev–Trinajstić information content (AvgIpc) is 2.78. The van der Waals surface area contributed by atoms with Gasteiger partial charge in [-0.15, -0.1) is 0 Å². The van der Waals surface area contributed by atoms with E-state index in [9.17, 15) is 9.90 Å². The molecule has 5 nitrogen and oxygen atoms in total. The van der Waals surface area contributed by atoms with Gasteiger partial charge < -0.3 is 15.7 Å². The van der Waals surface area contributed by atoms with Crippen molar-refractivity contribution in [1.29, 1.82) is 0 Å². The molecule has 0 aromatic carbocycles. The quantitative estimate of drug-likeness (QED) is 0.803. The number of aliphatic hydroxyl groups excluding tert-OH is 1. The molecule has 5 heteroatoms. The zero-order valence-corrected chi connectivity index (χ0v) is 9.84. The van der Waals surface area contributed by atoms with Crippen molar-refractivity contribution in [3.05, 3.63) is 24.0 Å². The number of aliphatic hydroxyl groups is 1. The fraction of sp³-hybridized carbons (Fsp3) is 0.500. The minimum Gasteiger partial charge on any atom is -0.387 e. The van der Waals surface area contributed by atoms with Crippen molar-refractivity contribution in [3.63, 3.8) is 0 Å². The molecule has 3 N–H and O–H groups in total. The molecule has 1 saturated heterocycles. The molecular formula is C12H17N3O2. The van der Waals surface area contributed by atoms with Crippen LogP contribution in [0.5, 0.6) is 0 Å². The molecule has 17 heavy (non-hydrogen) atoms. The molecular weight excluding hydrogens is 218 g/mol. The Labute approximate surface area is 100 Å². The summed E-state index contributed by atoms with van der Waals surface area (Å²) in [5, 5.41) is 9.37. The van der Waals surface area contributed by atoms with E-state index >= 15 is 0 Å². The lowest BCUT2D eigenvalue weighted by Gasteiger charge is -2.24. The van der Waals surface area contributed by atoms with Crippen LogP contribution in [0, 0.1) is 0 Å². The topological polar surface area (TPSA) is 79.5 Å². The molecule has 0 radical (unpaired) electrons.